The lowest BCUT2D eigenvalue weighted by molar-refractivity contribution is 0.502. The first-order chi connectivity index (χ1) is 12.4. The third-order valence-electron chi connectivity index (χ3n) is 5.00. The molecule has 0 radical (unpaired) electrons. The molecular weight excluding hydrogens is 375 g/mol. The molecule has 0 saturated carbocycles. The Bertz CT molecular complexity index is 1000. The number of halogens is 1. The number of fused-ring (bicyclic) bond motifs is 1. The maximum Gasteiger partial charge on any atom is 0.349 e. The van der Waals surface area contributed by atoms with Crippen molar-refractivity contribution in [3.05, 3.63) is 57.4 Å². The molecule has 1 fully saturated rings. The standard InChI is InChI=1S/C18H19FN2O3S2/c19-13-6-4-12(5-7-13)10-25-17-15-2-1-3-16(15)21(18(22)20-17)14-8-9-26(23,24)11-14/h4-7,14H,1-3,8-11H2/t14-/m0/s1. The molecule has 2 aliphatic rings. The third-order valence-corrected chi connectivity index (χ3v) is 7.84. The molecule has 0 unspecified atom stereocenters. The lowest BCUT2D eigenvalue weighted by Gasteiger charge is -2.18. The summed E-state index contributed by atoms with van der Waals surface area (Å²) in [6, 6.07) is 6.02. The minimum atomic E-state index is -3.06. The van der Waals surface area contributed by atoms with E-state index in [4.69, 9.17) is 0 Å². The first-order valence-corrected chi connectivity index (χ1v) is 11.5. The number of thioether (sulfide) groups is 1. The van der Waals surface area contributed by atoms with Gasteiger partial charge in [0.25, 0.3) is 0 Å². The smallest absolute Gasteiger partial charge is 0.292 e. The molecule has 1 aliphatic heterocycles. The maximum absolute atomic E-state index is 13.0. The molecule has 2 heterocycles. The molecule has 1 atom stereocenters. The summed E-state index contributed by atoms with van der Waals surface area (Å²) in [6.07, 6.45) is 3.07. The minimum absolute atomic E-state index is 0.0308. The van der Waals surface area contributed by atoms with Crippen LogP contribution in [0.25, 0.3) is 0 Å². The van der Waals surface area contributed by atoms with Gasteiger partial charge in [-0.3, -0.25) is 4.57 Å². The third kappa shape index (κ3) is 3.44. The van der Waals surface area contributed by atoms with Gasteiger partial charge in [-0.2, -0.15) is 4.98 Å². The molecule has 0 spiro atoms. The van der Waals surface area contributed by atoms with Crippen LogP contribution < -0.4 is 5.69 Å². The van der Waals surface area contributed by atoms with Gasteiger partial charge < -0.3 is 0 Å². The first-order valence-electron chi connectivity index (χ1n) is 8.65. The number of nitrogens with zero attached hydrogens (tertiary/aromatic N) is 2. The molecular formula is C18H19FN2O3S2. The largest absolute Gasteiger partial charge is 0.349 e. The van der Waals surface area contributed by atoms with E-state index in [2.05, 4.69) is 4.98 Å². The van der Waals surface area contributed by atoms with Crippen LogP contribution in [0.1, 0.15) is 35.7 Å². The van der Waals surface area contributed by atoms with Crippen molar-refractivity contribution in [1.82, 2.24) is 9.55 Å². The summed E-state index contributed by atoms with van der Waals surface area (Å²) < 4.78 is 38.3. The summed E-state index contributed by atoms with van der Waals surface area (Å²) in [5.74, 6) is 0.510. The average Bonchev–Trinajstić information content (AvgIpc) is 3.20. The summed E-state index contributed by atoms with van der Waals surface area (Å²) in [5.41, 5.74) is 2.64. The Morgan fingerprint density at radius 1 is 1.23 bits per heavy atom. The molecule has 1 aromatic carbocycles. The van der Waals surface area contributed by atoms with Crippen molar-refractivity contribution in [2.45, 2.75) is 42.5 Å². The lowest BCUT2D eigenvalue weighted by atomic mass is 10.2. The Morgan fingerprint density at radius 3 is 2.69 bits per heavy atom. The molecule has 26 heavy (non-hydrogen) atoms. The Balaban J connectivity index is 1.64. The molecule has 8 heteroatoms. The predicted molar refractivity (Wildman–Crippen MR) is 98.8 cm³/mol. The number of aromatic nitrogens is 2. The fraction of sp³-hybridized carbons (Fsp3) is 0.444. The highest BCUT2D eigenvalue weighted by Gasteiger charge is 2.33. The van der Waals surface area contributed by atoms with Gasteiger partial charge in [0, 0.05) is 17.0 Å². The summed E-state index contributed by atoms with van der Waals surface area (Å²) in [7, 11) is -3.06. The van der Waals surface area contributed by atoms with Crippen molar-refractivity contribution in [2.24, 2.45) is 0 Å². The first kappa shape index (κ1) is 17.7. The molecule has 1 aliphatic carbocycles. The SMILES string of the molecule is O=c1nc(SCc2ccc(F)cc2)c2c(n1[C@H]1CCS(=O)(=O)C1)CCC2. The zero-order valence-corrected chi connectivity index (χ0v) is 15.8. The van der Waals surface area contributed by atoms with Gasteiger partial charge in [-0.1, -0.05) is 12.1 Å². The van der Waals surface area contributed by atoms with Crippen LogP contribution in [0.2, 0.25) is 0 Å². The van der Waals surface area contributed by atoms with Crippen LogP contribution in [0.3, 0.4) is 0 Å². The lowest BCUT2D eigenvalue weighted by Crippen LogP contribution is -2.31. The van der Waals surface area contributed by atoms with Gasteiger partial charge in [-0.15, -0.1) is 11.8 Å². The fourth-order valence-corrected chi connectivity index (χ4v) is 6.49. The van der Waals surface area contributed by atoms with Gasteiger partial charge >= 0.3 is 5.69 Å². The van der Waals surface area contributed by atoms with Gasteiger partial charge in [0.2, 0.25) is 0 Å². The van der Waals surface area contributed by atoms with Crippen molar-refractivity contribution in [2.75, 3.05) is 11.5 Å². The molecule has 0 N–H and O–H groups in total. The van der Waals surface area contributed by atoms with Crippen LogP contribution in [0.15, 0.2) is 34.1 Å². The van der Waals surface area contributed by atoms with Crippen molar-refractivity contribution < 1.29 is 12.8 Å². The Kier molecular flexibility index (Phi) is 4.64. The quantitative estimate of drug-likeness (QED) is 0.589. The highest BCUT2D eigenvalue weighted by Crippen LogP contribution is 2.34. The van der Waals surface area contributed by atoms with E-state index in [1.807, 2.05) is 0 Å². The monoisotopic (exact) mass is 394 g/mol. The van der Waals surface area contributed by atoms with E-state index >= 15 is 0 Å². The van der Waals surface area contributed by atoms with E-state index in [0.29, 0.717) is 12.2 Å². The van der Waals surface area contributed by atoms with E-state index < -0.39 is 9.84 Å². The van der Waals surface area contributed by atoms with Gasteiger partial charge in [0.05, 0.1) is 17.5 Å². The maximum atomic E-state index is 13.0. The summed E-state index contributed by atoms with van der Waals surface area (Å²) >= 11 is 1.48. The Labute approximate surface area is 155 Å². The normalized spacial score (nSPS) is 21.0. The van der Waals surface area contributed by atoms with Gasteiger partial charge in [0.1, 0.15) is 10.8 Å². The van der Waals surface area contributed by atoms with Crippen molar-refractivity contribution in [1.29, 1.82) is 0 Å². The van der Waals surface area contributed by atoms with Crippen molar-refractivity contribution in [3.63, 3.8) is 0 Å². The highest BCUT2D eigenvalue weighted by atomic mass is 32.2. The minimum Gasteiger partial charge on any atom is -0.292 e. The Hall–Kier alpha value is -1.67. The van der Waals surface area contributed by atoms with Crippen LogP contribution in [0, 0.1) is 5.82 Å². The molecule has 138 valence electrons. The van der Waals surface area contributed by atoms with Crippen molar-refractivity contribution >= 4 is 21.6 Å². The Morgan fingerprint density at radius 2 is 2.00 bits per heavy atom. The fourth-order valence-electron chi connectivity index (χ4n) is 3.75. The van der Waals surface area contributed by atoms with Gasteiger partial charge in [-0.25, -0.2) is 17.6 Å². The molecule has 2 aromatic rings. The number of rotatable bonds is 4. The second kappa shape index (κ2) is 6.81. The zero-order chi connectivity index (χ0) is 18.3. The van der Waals surface area contributed by atoms with Crippen LogP contribution >= 0.6 is 11.8 Å². The number of sulfone groups is 1. The summed E-state index contributed by atoms with van der Waals surface area (Å²) in [5, 5.41) is 0.726. The second-order valence-corrected chi connectivity index (χ2v) is 10.0. The van der Waals surface area contributed by atoms with Crippen LogP contribution in [0.5, 0.6) is 0 Å². The average molecular weight is 394 g/mol. The van der Waals surface area contributed by atoms with Gasteiger partial charge in [-0.05, 0) is 43.4 Å². The topological polar surface area (TPSA) is 69.0 Å². The second-order valence-electron chi connectivity index (χ2n) is 6.82. The van der Waals surface area contributed by atoms with Crippen LogP contribution in [-0.2, 0) is 28.4 Å². The highest BCUT2D eigenvalue weighted by molar-refractivity contribution is 7.98. The van der Waals surface area contributed by atoms with E-state index in [1.54, 1.807) is 16.7 Å². The van der Waals surface area contributed by atoms with Crippen molar-refractivity contribution in [3.8, 4) is 0 Å². The van der Waals surface area contributed by atoms with Crippen LogP contribution in [0.4, 0.5) is 4.39 Å². The van der Waals surface area contributed by atoms with E-state index in [-0.39, 0.29) is 29.1 Å². The number of hydrogen-bond donors (Lipinski definition) is 0. The molecule has 4 rings (SSSR count). The molecule has 0 bridgehead atoms. The summed E-state index contributed by atoms with van der Waals surface area (Å²) in [6.45, 7) is 0. The molecule has 1 aromatic heterocycles. The molecule has 5 nitrogen and oxygen atoms in total. The zero-order valence-electron chi connectivity index (χ0n) is 14.2. The van der Waals surface area contributed by atoms with E-state index in [9.17, 15) is 17.6 Å². The van der Waals surface area contributed by atoms with E-state index in [1.165, 1.54) is 23.9 Å². The molecule has 1 saturated heterocycles. The van der Waals surface area contributed by atoms with E-state index in [0.717, 1.165) is 41.1 Å². The summed E-state index contributed by atoms with van der Waals surface area (Å²) in [4.78, 5) is 16.9. The number of hydrogen-bond acceptors (Lipinski definition) is 5. The van der Waals surface area contributed by atoms with Gasteiger partial charge in [0.15, 0.2) is 9.84 Å². The molecule has 0 amide bonds. The number of benzene rings is 1. The van der Waals surface area contributed by atoms with Crippen LogP contribution in [-0.4, -0.2) is 29.5 Å². The predicted octanol–water partition coefficient (Wildman–Crippen LogP) is 2.52.